The molecule has 0 N–H and O–H groups in total. The number of benzene rings is 2. The third-order valence-electron chi connectivity index (χ3n) is 5.45. The molecule has 0 spiro atoms. The highest BCUT2D eigenvalue weighted by Gasteiger charge is 2.43. The Kier molecular flexibility index (Phi) is 5.64. The van der Waals surface area contributed by atoms with Crippen molar-refractivity contribution >= 4 is 28.5 Å². The first-order valence-corrected chi connectivity index (χ1v) is 10.2. The van der Waals surface area contributed by atoms with Crippen LogP contribution in [0, 0.1) is 0 Å². The highest BCUT2D eigenvalue weighted by Crippen LogP contribution is 2.42. The van der Waals surface area contributed by atoms with E-state index in [9.17, 15) is 9.59 Å². The van der Waals surface area contributed by atoms with Crippen LogP contribution in [0.25, 0.3) is 11.0 Å². The highest BCUT2D eigenvalue weighted by molar-refractivity contribution is 6.31. The van der Waals surface area contributed by atoms with Gasteiger partial charge >= 0.3 is 0 Å². The van der Waals surface area contributed by atoms with E-state index >= 15 is 0 Å². The summed E-state index contributed by atoms with van der Waals surface area (Å²) >= 11 is 6.12. The molecule has 0 bridgehead atoms. The lowest BCUT2D eigenvalue weighted by Crippen LogP contribution is -2.35. The Morgan fingerprint density at radius 1 is 1.10 bits per heavy atom. The molecule has 162 valence electrons. The van der Waals surface area contributed by atoms with Gasteiger partial charge in [-0.05, 0) is 50.5 Å². The van der Waals surface area contributed by atoms with E-state index in [0.717, 1.165) is 0 Å². The largest absolute Gasteiger partial charge is 0.497 e. The second-order valence-electron chi connectivity index (χ2n) is 7.63. The third-order valence-corrected chi connectivity index (χ3v) is 5.68. The van der Waals surface area contributed by atoms with Gasteiger partial charge in [0.25, 0.3) is 5.91 Å². The minimum atomic E-state index is -0.674. The van der Waals surface area contributed by atoms with Gasteiger partial charge in [-0.2, -0.15) is 0 Å². The van der Waals surface area contributed by atoms with Gasteiger partial charge in [-0.25, -0.2) is 0 Å². The summed E-state index contributed by atoms with van der Waals surface area (Å²) in [4.78, 5) is 30.6. The predicted molar refractivity (Wildman–Crippen MR) is 118 cm³/mol. The third kappa shape index (κ3) is 3.64. The van der Waals surface area contributed by atoms with Crippen molar-refractivity contribution < 1.29 is 18.7 Å². The van der Waals surface area contributed by atoms with Crippen LogP contribution in [0.1, 0.15) is 27.7 Å². The fraction of sp³-hybridized carbons (Fsp3) is 0.304. The Balaban J connectivity index is 2.00. The normalized spacial score (nSPS) is 15.6. The standard InChI is InChI=1S/C23H23ClN2O5/c1-25(2)9-10-26-20(15-12-14(29-3)6-8-17(15)30-4)19-21(27)16-11-13(24)5-7-18(16)31-22(19)23(26)28/h5-8,11-12,20H,9-10H2,1-4H3. The van der Waals surface area contributed by atoms with Crippen molar-refractivity contribution in [2.75, 3.05) is 41.4 Å². The van der Waals surface area contributed by atoms with E-state index in [1.807, 2.05) is 19.0 Å². The van der Waals surface area contributed by atoms with Gasteiger partial charge in [-0.3, -0.25) is 9.59 Å². The Labute approximate surface area is 184 Å². The second-order valence-corrected chi connectivity index (χ2v) is 8.06. The van der Waals surface area contributed by atoms with Gasteiger partial charge in [0.15, 0.2) is 5.43 Å². The first kappa shape index (κ1) is 21.2. The van der Waals surface area contributed by atoms with Gasteiger partial charge in [0, 0.05) is 23.7 Å². The van der Waals surface area contributed by atoms with Crippen LogP contribution in [-0.2, 0) is 0 Å². The maximum atomic E-state index is 13.6. The quantitative estimate of drug-likeness (QED) is 0.581. The molecule has 3 aromatic rings. The van der Waals surface area contributed by atoms with Crippen LogP contribution in [0.2, 0.25) is 5.02 Å². The van der Waals surface area contributed by atoms with Gasteiger partial charge in [0.05, 0.1) is 31.2 Å². The summed E-state index contributed by atoms with van der Waals surface area (Å²) < 4.78 is 16.9. The average Bonchev–Trinajstić information content (AvgIpc) is 3.04. The fourth-order valence-electron chi connectivity index (χ4n) is 3.91. The van der Waals surface area contributed by atoms with E-state index in [-0.39, 0.29) is 22.7 Å². The van der Waals surface area contributed by atoms with E-state index in [1.165, 1.54) is 0 Å². The molecule has 8 heteroatoms. The molecule has 0 saturated heterocycles. The Bertz CT molecular complexity index is 1220. The van der Waals surface area contributed by atoms with Crippen molar-refractivity contribution in [2.45, 2.75) is 6.04 Å². The fourth-order valence-corrected chi connectivity index (χ4v) is 4.08. The monoisotopic (exact) mass is 442 g/mol. The first-order valence-electron chi connectivity index (χ1n) is 9.79. The number of hydrogen-bond acceptors (Lipinski definition) is 6. The maximum absolute atomic E-state index is 13.6. The van der Waals surface area contributed by atoms with Crippen molar-refractivity contribution in [1.82, 2.24) is 9.80 Å². The zero-order chi connectivity index (χ0) is 22.3. The van der Waals surface area contributed by atoms with E-state index in [1.54, 1.807) is 55.5 Å². The molecular weight excluding hydrogens is 420 g/mol. The molecule has 1 aromatic heterocycles. The molecule has 2 heterocycles. The summed E-state index contributed by atoms with van der Waals surface area (Å²) in [5.41, 5.74) is 0.980. The summed E-state index contributed by atoms with van der Waals surface area (Å²) in [6.07, 6.45) is 0. The van der Waals surface area contributed by atoms with Crippen molar-refractivity contribution in [1.29, 1.82) is 0 Å². The Morgan fingerprint density at radius 3 is 2.55 bits per heavy atom. The smallest absolute Gasteiger partial charge is 0.290 e. The summed E-state index contributed by atoms with van der Waals surface area (Å²) in [5, 5.41) is 0.754. The first-order chi connectivity index (χ1) is 14.8. The van der Waals surface area contributed by atoms with Gasteiger partial charge in [0.2, 0.25) is 5.76 Å². The SMILES string of the molecule is COc1ccc(OC)c(C2c3c(oc4ccc(Cl)cc4c3=O)C(=O)N2CCN(C)C)c1. The van der Waals surface area contributed by atoms with Crippen molar-refractivity contribution in [3.8, 4) is 11.5 Å². The van der Waals surface area contributed by atoms with Crippen LogP contribution in [0.5, 0.6) is 11.5 Å². The number of ether oxygens (including phenoxy) is 2. The van der Waals surface area contributed by atoms with Gasteiger partial charge in [0.1, 0.15) is 17.1 Å². The summed E-state index contributed by atoms with van der Waals surface area (Å²) in [7, 11) is 6.96. The molecule has 0 fully saturated rings. The maximum Gasteiger partial charge on any atom is 0.290 e. The van der Waals surface area contributed by atoms with Crippen LogP contribution < -0.4 is 14.9 Å². The number of hydrogen-bond donors (Lipinski definition) is 0. The Hall–Kier alpha value is -3.03. The van der Waals surface area contributed by atoms with E-state index in [4.69, 9.17) is 25.5 Å². The number of fused-ring (bicyclic) bond motifs is 2. The van der Waals surface area contributed by atoms with Crippen LogP contribution in [0.4, 0.5) is 0 Å². The number of carbonyl (C=O) groups excluding carboxylic acids is 1. The topological polar surface area (TPSA) is 72.2 Å². The van der Waals surface area contributed by atoms with Crippen molar-refractivity contribution in [2.24, 2.45) is 0 Å². The van der Waals surface area contributed by atoms with E-state index in [2.05, 4.69) is 0 Å². The van der Waals surface area contributed by atoms with Crippen LogP contribution in [0.3, 0.4) is 0 Å². The minimum absolute atomic E-state index is 0.0495. The molecule has 4 rings (SSSR count). The number of nitrogens with zero attached hydrogens (tertiary/aromatic N) is 2. The molecule has 1 aliphatic heterocycles. The average molecular weight is 443 g/mol. The number of carbonyl (C=O) groups is 1. The molecule has 0 aliphatic carbocycles. The number of rotatable bonds is 6. The summed E-state index contributed by atoms with van der Waals surface area (Å²) in [5.74, 6) is 0.860. The summed E-state index contributed by atoms with van der Waals surface area (Å²) in [6.45, 7) is 1.01. The molecule has 1 amide bonds. The van der Waals surface area contributed by atoms with Gasteiger partial charge in [-0.1, -0.05) is 11.6 Å². The number of amides is 1. The molecule has 0 radical (unpaired) electrons. The van der Waals surface area contributed by atoms with E-state index in [0.29, 0.717) is 46.1 Å². The number of likely N-dealkylation sites (N-methyl/N-ethyl adjacent to an activating group) is 1. The van der Waals surface area contributed by atoms with Crippen molar-refractivity contribution in [3.63, 3.8) is 0 Å². The van der Waals surface area contributed by atoms with E-state index < -0.39 is 6.04 Å². The molecule has 1 aliphatic rings. The lowest BCUT2D eigenvalue weighted by molar-refractivity contribution is 0.0715. The molecule has 0 saturated carbocycles. The Morgan fingerprint density at radius 2 is 1.87 bits per heavy atom. The molecule has 2 aromatic carbocycles. The molecule has 1 atom stereocenters. The lowest BCUT2D eigenvalue weighted by atomic mass is 9.97. The molecular formula is C23H23ClN2O5. The number of halogens is 1. The molecule has 1 unspecified atom stereocenters. The van der Waals surface area contributed by atoms with Crippen molar-refractivity contribution in [3.05, 3.63) is 68.5 Å². The number of methoxy groups -OCH3 is 2. The lowest BCUT2D eigenvalue weighted by Gasteiger charge is -2.27. The zero-order valence-corrected chi connectivity index (χ0v) is 18.5. The second kappa shape index (κ2) is 8.24. The highest BCUT2D eigenvalue weighted by atomic mass is 35.5. The van der Waals surface area contributed by atoms with Gasteiger partial charge in [-0.15, -0.1) is 0 Å². The molecule has 7 nitrogen and oxygen atoms in total. The van der Waals surface area contributed by atoms with Crippen LogP contribution in [0.15, 0.2) is 45.6 Å². The summed E-state index contributed by atoms with van der Waals surface area (Å²) in [6, 6.07) is 9.45. The van der Waals surface area contributed by atoms with Crippen LogP contribution in [-0.4, -0.2) is 57.1 Å². The predicted octanol–water partition coefficient (Wildman–Crippen LogP) is 3.57. The van der Waals surface area contributed by atoms with Gasteiger partial charge < -0.3 is 23.7 Å². The minimum Gasteiger partial charge on any atom is -0.497 e. The zero-order valence-electron chi connectivity index (χ0n) is 17.8. The van der Waals surface area contributed by atoms with Crippen LogP contribution >= 0.6 is 11.6 Å². The molecule has 31 heavy (non-hydrogen) atoms.